The number of nitrogens with one attached hydrogen (secondary N) is 1. The van der Waals surface area contributed by atoms with Gasteiger partial charge in [0, 0.05) is 12.6 Å². The Labute approximate surface area is 92.5 Å². The molecule has 0 spiro atoms. The van der Waals surface area contributed by atoms with Gasteiger partial charge in [0.1, 0.15) is 5.03 Å². The van der Waals surface area contributed by atoms with Crippen molar-refractivity contribution in [3.05, 3.63) is 17.7 Å². The number of hydrogen-bond donors (Lipinski definition) is 1. The highest BCUT2D eigenvalue weighted by Gasteiger charge is 2.11. The van der Waals surface area contributed by atoms with Crippen LogP contribution in [0.2, 0.25) is 0 Å². The van der Waals surface area contributed by atoms with Crippen molar-refractivity contribution in [3.63, 3.8) is 0 Å². The summed E-state index contributed by atoms with van der Waals surface area (Å²) in [5.41, 5.74) is 0. The second-order valence-electron chi connectivity index (χ2n) is 2.97. The van der Waals surface area contributed by atoms with Gasteiger partial charge in [-0.25, -0.2) is 13.8 Å². The van der Waals surface area contributed by atoms with Gasteiger partial charge in [-0.15, -0.1) is 11.8 Å². The van der Waals surface area contributed by atoms with Crippen molar-refractivity contribution >= 4 is 17.6 Å². The van der Waals surface area contributed by atoms with Crippen LogP contribution in [0.5, 0.6) is 0 Å². The van der Waals surface area contributed by atoms with Crippen LogP contribution in [0.1, 0.15) is 20.3 Å². The van der Waals surface area contributed by atoms with Gasteiger partial charge in [0.2, 0.25) is 0 Å². The van der Waals surface area contributed by atoms with Crippen molar-refractivity contribution < 1.29 is 8.78 Å². The monoisotopic (exact) mass is 232 g/mol. The molecule has 0 aliphatic rings. The number of thioether (sulfide) groups is 1. The minimum atomic E-state index is -0.638. The molecule has 0 fully saturated rings. The molecule has 1 rings (SSSR count). The van der Waals surface area contributed by atoms with Gasteiger partial charge in [-0.05, 0) is 12.2 Å². The smallest absolute Gasteiger partial charge is 0.168 e. The fourth-order valence-electron chi connectivity index (χ4n) is 1.06. The Morgan fingerprint density at radius 1 is 1.33 bits per heavy atom. The lowest BCUT2D eigenvalue weighted by Gasteiger charge is -2.07. The first-order valence-electron chi connectivity index (χ1n) is 4.91. The van der Waals surface area contributed by atoms with E-state index < -0.39 is 11.6 Å². The second kappa shape index (κ2) is 5.90. The molecular weight excluding hydrogens is 218 g/mol. The Hall–Kier alpha value is -0.840. The molecule has 0 saturated carbocycles. The second-order valence-corrected chi connectivity index (χ2v) is 4.22. The predicted octanol–water partition coefficient (Wildman–Crippen LogP) is 3.29. The summed E-state index contributed by atoms with van der Waals surface area (Å²) >= 11 is 1.27. The number of anilines is 1. The molecule has 84 valence electrons. The molecule has 0 radical (unpaired) electrons. The zero-order valence-corrected chi connectivity index (χ0v) is 9.63. The molecule has 1 N–H and O–H groups in total. The topological polar surface area (TPSA) is 24.9 Å². The van der Waals surface area contributed by atoms with E-state index in [1.54, 1.807) is 0 Å². The zero-order chi connectivity index (χ0) is 11.3. The van der Waals surface area contributed by atoms with Crippen molar-refractivity contribution in [1.29, 1.82) is 0 Å². The number of halogens is 2. The highest BCUT2D eigenvalue weighted by molar-refractivity contribution is 7.99. The van der Waals surface area contributed by atoms with Crippen LogP contribution >= 0.6 is 11.8 Å². The molecule has 0 unspecified atom stereocenters. The number of hydrogen-bond acceptors (Lipinski definition) is 3. The summed E-state index contributed by atoms with van der Waals surface area (Å²) in [5.74, 6) is -0.389. The minimum absolute atomic E-state index is 0.134. The maximum Gasteiger partial charge on any atom is 0.168 e. The van der Waals surface area contributed by atoms with Gasteiger partial charge in [-0.1, -0.05) is 13.8 Å². The van der Waals surface area contributed by atoms with Crippen LogP contribution < -0.4 is 5.32 Å². The van der Waals surface area contributed by atoms with Gasteiger partial charge in [0.05, 0.1) is 0 Å². The largest absolute Gasteiger partial charge is 0.368 e. The maximum atomic E-state index is 13.2. The van der Waals surface area contributed by atoms with E-state index in [4.69, 9.17) is 0 Å². The van der Waals surface area contributed by atoms with E-state index in [-0.39, 0.29) is 10.8 Å². The van der Waals surface area contributed by atoms with Crippen molar-refractivity contribution in [1.82, 2.24) is 4.98 Å². The molecule has 15 heavy (non-hydrogen) atoms. The van der Waals surface area contributed by atoms with Crippen LogP contribution in [0.3, 0.4) is 0 Å². The SMILES string of the molecule is CCCNc1nc(SCC)c(F)cc1F. The third kappa shape index (κ3) is 3.34. The fourth-order valence-corrected chi connectivity index (χ4v) is 1.68. The Kier molecular flexibility index (Phi) is 4.81. The summed E-state index contributed by atoms with van der Waals surface area (Å²) in [7, 11) is 0. The average Bonchev–Trinajstić information content (AvgIpc) is 2.20. The normalized spacial score (nSPS) is 10.4. The van der Waals surface area contributed by atoms with E-state index in [1.807, 2.05) is 13.8 Å². The van der Waals surface area contributed by atoms with E-state index in [9.17, 15) is 8.78 Å². The number of rotatable bonds is 5. The van der Waals surface area contributed by atoms with E-state index in [1.165, 1.54) is 11.8 Å². The Bertz CT molecular complexity index is 331. The highest BCUT2D eigenvalue weighted by atomic mass is 32.2. The first-order chi connectivity index (χ1) is 7.19. The van der Waals surface area contributed by atoms with Gasteiger partial charge in [0.25, 0.3) is 0 Å². The molecule has 1 heterocycles. The molecule has 0 aliphatic heterocycles. The van der Waals surface area contributed by atoms with E-state index in [2.05, 4.69) is 10.3 Å². The summed E-state index contributed by atoms with van der Waals surface area (Å²) in [6.07, 6.45) is 0.870. The average molecular weight is 232 g/mol. The molecule has 0 atom stereocenters. The van der Waals surface area contributed by atoms with Crippen LogP contribution in [-0.4, -0.2) is 17.3 Å². The molecular formula is C10H14F2N2S. The molecule has 1 aromatic rings. The van der Waals surface area contributed by atoms with Gasteiger partial charge < -0.3 is 5.32 Å². The molecule has 1 aromatic heterocycles. The van der Waals surface area contributed by atoms with E-state index >= 15 is 0 Å². The molecule has 2 nitrogen and oxygen atoms in total. The van der Waals surface area contributed by atoms with Gasteiger partial charge in [-0.3, -0.25) is 0 Å². The summed E-state index contributed by atoms with van der Waals surface area (Å²) in [5, 5.41) is 3.07. The van der Waals surface area contributed by atoms with E-state index in [0.29, 0.717) is 12.3 Å². The van der Waals surface area contributed by atoms with Crippen molar-refractivity contribution in [2.75, 3.05) is 17.6 Å². The zero-order valence-electron chi connectivity index (χ0n) is 8.81. The molecule has 0 aliphatic carbocycles. The quantitative estimate of drug-likeness (QED) is 0.788. The van der Waals surface area contributed by atoms with Gasteiger partial charge in [0.15, 0.2) is 17.5 Å². The van der Waals surface area contributed by atoms with Crippen LogP contribution in [-0.2, 0) is 0 Å². The molecule has 5 heteroatoms. The first kappa shape index (κ1) is 12.2. The Balaban J connectivity index is 2.90. The van der Waals surface area contributed by atoms with Crippen LogP contribution in [0, 0.1) is 11.6 Å². The lowest BCUT2D eigenvalue weighted by molar-refractivity contribution is 0.551. The summed E-state index contributed by atoms with van der Waals surface area (Å²) < 4.78 is 26.4. The number of aromatic nitrogens is 1. The third-order valence-corrected chi connectivity index (χ3v) is 2.57. The van der Waals surface area contributed by atoms with Gasteiger partial charge in [-0.2, -0.15) is 0 Å². The lowest BCUT2D eigenvalue weighted by Crippen LogP contribution is -2.06. The molecule has 0 aromatic carbocycles. The van der Waals surface area contributed by atoms with Crippen LogP contribution in [0.15, 0.2) is 11.1 Å². The number of pyridine rings is 1. The molecule has 0 amide bonds. The van der Waals surface area contributed by atoms with Crippen molar-refractivity contribution in [2.24, 2.45) is 0 Å². The summed E-state index contributed by atoms with van der Waals surface area (Å²) in [6, 6.07) is 0.878. The third-order valence-electron chi connectivity index (χ3n) is 1.72. The fraction of sp³-hybridized carbons (Fsp3) is 0.500. The van der Waals surface area contributed by atoms with Crippen molar-refractivity contribution in [3.8, 4) is 0 Å². The number of nitrogens with zero attached hydrogens (tertiary/aromatic N) is 1. The first-order valence-corrected chi connectivity index (χ1v) is 5.90. The lowest BCUT2D eigenvalue weighted by atomic mass is 10.4. The Morgan fingerprint density at radius 3 is 2.67 bits per heavy atom. The standard InChI is InChI=1S/C10H14F2N2S/c1-3-5-13-9-7(11)6-8(12)10(14-9)15-4-2/h6H,3-5H2,1-2H3,(H,13,14). The summed E-state index contributed by atoms with van der Waals surface area (Å²) in [4.78, 5) is 3.90. The molecule has 0 bridgehead atoms. The highest BCUT2D eigenvalue weighted by Crippen LogP contribution is 2.23. The predicted molar refractivity (Wildman–Crippen MR) is 59.3 cm³/mol. The van der Waals surface area contributed by atoms with Gasteiger partial charge >= 0.3 is 0 Å². The minimum Gasteiger partial charge on any atom is -0.368 e. The van der Waals surface area contributed by atoms with E-state index in [0.717, 1.165) is 12.5 Å². The Morgan fingerprint density at radius 2 is 2.07 bits per heavy atom. The van der Waals surface area contributed by atoms with Crippen molar-refractivity contribution in [2.45, 2.75) is 25.3 Å². The van der Waals surface area contributed by atoms with Crippen LogP contribution in [0.25, 0.3) is 0 Å². The molecule has 0 saturated heterocycles. The summed E-state index contributed by atoms with van der Waals surface area (Å²) in [6.45, 7) is 4.50. The van der Waals surface area contributed by atoms with Crippen LogP contribution in [0.4, 0.5) is 14.6 Å². The maximum absolute atomic E-state index is 13.2.